The van der Waals surface area contributed by atoms with Crippen LogP contribution in [0, 0.1) is 0 Å². The lowest BCUT2D eigenvalue weighted by Gasteiger charge is -2.17. The zero-order chi connectivity index (χ0) is 20.7. The summed E-state index contributed by atoms with van der Waals surface area (Å²) in [6.07, 6.45) is 5.69. The van der Waals surface area contributed by atoms with Crippen molar-refractivity contribution in [3.05, 3.63) is 64.9 Å². The number of likely N-dealkylation sites (tertiary alicyclic amines) is 1. The third kappa shape index (κ3) is 3.09. The summed E-state index contributed by atoms with van der Waals surface area (Å²) in [6.45, 7) is 1.17. The van der Waals surface area contributed by atoms with E-state index < -0.39 is 0 Å². The maximum absolute atomic E-state index is 13.1. The van der Waals surface area contributed by atoms with Crippen molar-refractivity contribution in [1.29, 1.82) is 0 Å². The number of carbonyl (C=O) groups excluding carboxylic acids is 2. The summed E-state index contributed by atoms with van der Waals surface area (Å²) in [6, 6.07) is 9.64. The van der Waals surface area contributed by atoms with Gasteiger partial charge in [0, 0.05) is 55.6 Å². The predicted octanol–water partition coefficient (Wildman–Crippen LogP) is 3.23. The van der Waals surface area contributed by atoms with Crippen molar-refractivity contribution in [2.24, 2.45) is 0 Å². The van der Waals surface area contributed by atoms with Crippen LogP contribution in [0.4, 0.5) is 0 Å². The molecule has 4 aromatic rings. The van der Waals surface area contributed by atoms with E-state index in [0.29, 0.717) is 23.5 Å². The summed E-state index contributed by atoms with van der Waals surface area (Å²) >= 11 is 1.35. The van der Waals surface area contributed by atoms with E-state index in [2.05, 4.69) is 20.3 Å². The third-order valence-electron chi connectivity index (χ3n) is 5.52. The minimum atomic E-state index is -0.140. The van der Waals surface area contributed by atoms with E-state index in [-0.39, 0.29) is 17.7 Å². The van der Waals surface area contributed by atoms with Crippen LogP contribution >= 0.6 is 11.3 Å². The molecule has 1 N–H and O–H groups in total. The van der Waals surface area contributed by atoms with Crippen molar-refractivity contribution in [2.75, 3.05) is 20.1 Å². The normalized spacial score (nSPS) is 16.3. The van der Waals surface area contributed by atoms with Gasteiger partial charge in [0.25, 0.3) is 11.8 Å². The molecule has 0 saturated carbocycles. The number of hydrogen-bond donors (Lipinski definition) is 1. The summed E-state index contributed by atoms with van der Waals surface area (Å²) in [5.74, 6) is -0.138. The van der Waals surface area contributed by atoms with Gasteiger partial charge >= 0.3 is 0 Å². The van der Waals surface area contributed by atoms with Crippen molar-refractivity contribution >= 4 is 44.4 Å². The standard InChI is InChI=1S/C22H19N5O2S/c1-23-20(28)19-17(18-21(30-19)25-8-7-24-18)14-6-9-27(12-14)22(29)15-10-13-4-2-3-5-16(13)26-11-15/h2-5,7-8,10-11,14H,6,9,12H2,1H3,(H,23,28)/t14-/m1/s1. The van der Waals surface area contributed by atoms with E-state index in [1.165, 1.54) is 11.3 Å². The van der Waals surface area contributed by atoms with E-state index in [1.54, 1.807) is 25.6 Å². The molecule has 150 valence electrons. The van der Waals surface area contributed by atoms with E-state index in [9.17, 15) is 9.59 Å². The second-order valence-electron chi connectivity index (χ2n) is 7.29. The zero-order valence-corrected chi connectivity index (χ0v) is 17.1. The molecule has 8 heteroatoms. The molecule has 1 atom stereocenters. The first-order valence-electron chi connectivity index (χ1n) is 9.75. The molecule has 1 fully saturated rings. The number of fused-ring (bicyclic) bond motifs is 2. The molecule has 30 heavy (non-hydrogen) atoms. The van der Waals surface area contributed by atoms with Crippen LogP contribution in [0.15, 0.2) is 48.9 Å². The number of thiophene rings is 1. The lowest BCUT2D eigenvalue weighted by Crippen LogP contribution is -2.28. The van der Waals surface area contributed by atoms with E-state index >= 15 is 0 Å². The summed E-state index contributed by atoms with van der Waals surface area (Å²) in [7, 11) is 1.62. The highest BCUT2D eigenvalue weighted by Gasteiger charge is 2.33. The Morgan fingerprint density at radius 2 is 2.00 bits per heavy atom. The molecule has 0 radical (unpaired) electrons. The van der Waals surface area contributed by atoms with Gasteiger partial charge in [-0.3, -0.25) is 19.6 Å². The smallest absolute Gasteiger partial charge is 0.261 e. The molecule has 3 aromatic heterocycles. The quantitative estimate of drug-likeness (QED) is 0.553. The van der Waals surface area contributed by atoms with Gasteiger partial charge in [-0.25, -0.2) is 4.98 Å². The van der Waals surface area contributed by atoms with Crippen molar-refractivity contribution in [2.45, 2.75) is 12.3 Å². The topological polar surface area (TPSA) is 88.1 Å². The Morgan fingerprint density at radius 1 is 1.17 bits per heavy atom. The van der Waals surface area contributed by atoms with Gasteiger partial charge in [-0.2, -0.15) is 0 Å². The largest absolute Gasteiger partial charge is 0.354 e. The lowest BCUT2D eigenvalue weighted by atomic mass is 9.97. The number of nitrogens with zero attached hydrogens (tertiary/aromatic N) is 4. The van der Waals surface area contributed by atoms with Gasteiger partial charge in [0.15, 0.2) is 0 Å². The maximum atomic E-state index is 13.1. The first-order valence-corrected chi connectivity index (χ1v) is 10.6. The van der Waals surface area contributed by atoms with Gasteiger partial charge in [0.05, 0.1) is 16.0 Å². The van der Waals surface area contributed by atoms with E-state index in [1.807, 2.05) is 35.2 Å². The number of pyridine rings is 1. The Morgan fingerprint density at radius 3 is 2.87 bits per heavy atom. The Hall–Kier alpha value is -3.39. The fraction of sp³-hybridized carbons (Fsp3) is 0.227. The molecule has 4 heterocycles. The Balaban J connectivity index is 1.45. The van der Waals surface area contributed by atoms with Crippen LogP contribution in [0.1, 0.15) is 37.9 Å². The van der Waals surface area contributed by atoms with Gasteiger partial charge in [-0.05, 0) is 18.6 Å². The predicted molar refractivity (Wildman–Crippen MR) is 116 cm³/mol. The number of rotatable bonds is 3. The molecule has 1 aliphatic rings. The molecule has 1 saturated heterocycles. The fourth-order valence-corrected chi connectivity index (χ4v) is 5.19. The van der Waals surface area contributed by atoms with Gasteiger partial charge in [0.2, 0.25) is 0 Å². The van der Waals surface area contributed by atoms with Crippen LogP contribution in [-0.4, -0.2) is 51.8 Å². The number of aromatic nitrogens is 3. The summed E-state index contributed by atoms with van der Waals surface area (Å²) in [5.41, 5.74) is 3.10. The highest BCUT2D eigenvalue weighted by Crippen LogP contribution is 2.38. The number of amides is 2. The Bertz CT molecular complexity index is 1290. The van der Waals surface area contributed by atoms with Gasteiger partial charge in [-0.1, -0.05) is 18.2 Å². The summed E-state index contributed by atoms with van der Waals surface area (Å²) in [5, 5.41) is 3.65. The molecule has 1 aromatic carbocycles. The van der Waals surface area contributed by atoms with Crippen LogP contribution in [-0.2, 0) is 0 Å². The highest BCUT2D eigenvalue weighted by atomic mass is 32.1. The van der Waals surface area contributed by atoms with Crippen molar-refractivity contribution in [3.63, 3.8) is 0 Å². The number of benzene rings is 1. The minimum Gasteiger partial charge on any atom is -0.354 e. The van der Waals surface area contributed by atoms with Crippen LogP contribution in [0.5, 0.6) is 0 Å². The zero-order valence-electron chi connectivity index (χ0n) is 16.3. The van der Waals surface area contributed by atoms with Gasteiger partial charge < -0.3 is 10.2 Å². The van der Waals surface area contributed by atoms with Gasteiger partial charge in [-0.15, -0.1) is 11.3 Å². The van der Waals surface area contributed by atoms with Crippen molar-refractivity contribution in [3.8, 4) is 0 Å². The Kier molecular flexibility index (Phi) is 4.63. The SMILES string of the molecule is CNC(=O)c1sc2nccnc2c1[C@@H]1CCN(C(=O)c2cnc3ccccc3c2)C1. The number of carbonyl (C=O) groups is 2. The summed E-state index contributed by atoms with van der Waals surface area (Å²) < 4.78 is 0. The minimum absolute atomic E-state index is 0.0390. The van der Waals surface area contributed by atoms with Crippen molar-refractivity contribution in [1.82, 2.24) is 25.2 Å². The van der Waals surface area contributed by atoms with Gasteiger partial charge in [0.1, 0.15) is 10.3 Å². The van der Waals surface area contributed by atoms with Crippen LogP contribution in [0.25, 0.3) is 21.3 Å². The molecule has 0 unspecified atom stereocenters. The van der Waals surface area contributed by atoms with Crippen LogP contribution in [0.3, 0.4) is 0 Å². The van der Waals surface area contributed by atoms with Crippen molar-refractivity contribution < 1.29 is 9.59 Å². The lowest BCUT2D eigenvalue weighted by molar-refractivity contribution is 0.0790. The van der Waals surface area contributed by atoms with E-state index in [0.717, 1.165) is 33.2 Å². The molecule has 0 bridgehead atoms. The van der Waals surface area contributed by atoms with Crippen LogP contribution in [0.2, 0.25) is 0 Å². The average molecular weight is 417 g/mol. The first kappa shape index (κ1) is 18.6. The second-order valence-corrected chi connectivity index (χ2v) is 8.29. The monoisotopic (exact) mass is 417 g/mol. The molecule has 0 spiro atoms. The fourth-order valence-electron chi connectivity index (χ4n) is 4.06. The molecule has 7 nitrogen and oxygen atoms in total. The third-order valence-corrected chi connectivity index (χ3v) is 6.62. The van der Waals surface area contributed by atoms with E-state index in [4.69, 9.17) is 0 Å². The molecule has 2 amide bonds. The molecule has 5 rings (SSSR count). The molecular weight excluding hydrogens is 398 g/mol. The first-order chi connectivity index (χ1) is 14.7. The number of hydrogen-bond acceptors (Lipinski definition) is 6. The summed E-state index contributed by atoms with van der Waals surface area (Å²) in [4.78, 5) is 42.1. The molecule has 1 aliphatic heterocycles. The van der Waals surface area contributed by atoms with Crippen LogP contribution < -0.4 is 5.32 Å². The highest BCUT2D eigenvalue weighted by molar-refractivity contribution is 7.20. The number of para-hydroxylation sites is 1. The molecule has 0 aliphatic carbocycles. The average Bonchev–Trinajstić information content (AvgIpc) is 3.42. The maximum Gasteiger partial charge on any atom is 0.261 e. The molecular formula is C22H19N5O2S. The Labute approximate surface area is 176 Å². The number of nitrogens with one attached hydrogen (secondary N) is 1. The second kappa shape index (κ2) is 7.46.